The van der Waals surface area contributed by atoms with Gasteiger partial charge in [-0.3, -0.25) is 4.79 Å². The molecule has 0 aromatic heterocycles. The third-order valence-corrected chi connectivity index (χ3v) is 3.94. The highest BCUT2D eigenvalue weighted by atomic mass is 35.5. The summed E-state index contributed by atoms with van der Waals surface area (Å²) in [5, 5.41) is 3.57. The molecule has 0 aliphatic rings. The molecule has 0 saturated carbocycles. The molecule has 106 valence electrons. The van der Waals surface area contributed by atoms with Gasteiger partial charge in [-0.25, -0.2) is 0 Å². The Hall–Kier alpha value is -0.710. The summed E-state index contributed by atoms with van der Waals surface area (Å²) in [5.74, 6) is 0.0821. The number of halogens is 1. The number of carbonyl (C=O) groups is 1. The van der Waals surface area contributed by atoms with Gasteiger partial charge in [0, 0.05) is 16.5 Å². The summed E-state index contributed by atoms with van der Waals surface area (Å²) in [6, 6.07) is 7.54. The maximum absolute atomic E-state index is 11.9. The molecule has 1 aromatic carbocycles. The van der Waals surface area contributed by atoms with E-state index in [-0.39, 0.29) is 11.2 Å². The van der Waals surface area contributed by atoms with Gasteiger partial charge in [-0.2, -0.15) is 0 Å². The second-order valence-corrected chi connectivity index (χ2v) is 6.51. The number of rotatable bonds is 7. The SMILES string of the molecule is C[C@H](Sc1ccc(Cl)cc1)C(=O)NCCCN(C)C. The lowest BCUT2D eigenvalue weighted by atomic mass is 10.3. The van der Waals surface area contributed by atoms with Crippen LogP contribution in [0.5, 0.6) is 0 Å². The maximum Gasteiger partial charge on any atom is 0.233 e. The van der Waals surface area contributed by atoms with Crippen molar-refractivity contribution in [2.45, 2.75) is 23.5 Å². The Balaban J connectivity index is 2.30. The van der Waals surface area contributed by atoms with Crippen LogP contribution in [0.25, 0.3) is 0 Å². The Bertz CT molecular complexity index is 395. The quantitative estimate of drug-likeness (QED) is 0.621. The number of carbonyl (C=O) groups excluding carboxylic acids is 1. The van der Waals surface area contributed by atoms with Crippen molar-refractivity contribution in [3.8, 4) is 0 Å². The zero-order valence-electron chi connectivity index (χ0n) is 11.6. The standard InChI is InChI=1S/C14H21ClN2OS/c1-11(14(18)16-9-4-10-17(2)3)19-13-7-5-12(15)6-8-13/h5-8,11H,4,9-10H2,1-3H3,(H,16,18)/t11-/m0/s1. The molecule has 1 atom stereocenters. The molecule has 0 aliphatic carbocycles. The Morgan fingerprint density at radius 3 is 2.58 bits per heavy atom. The Labute approximate surface area is 124 Å². The first-order valence-corrected chi connectivity index (χ1v) is 7.59. The van der Waals surface area contributed by atoms with Gasteiger partial charge in [0.05, 0.1) is 5.25 Å². The normalized spacial score (nSPS) is 12.5. The third kappa shape index (κ3) is 6.85. The lowest BCUT2D eigenvalue weighted by Gasteiger charge is -2.13. The van der Waals surface area contributed by atoms with Gasteiger partial charge in [0.1, 0.15) is 0 Å². The zero-order valence-corrected chi connectivity index (χ0v) is 13.2. The number of nitrogens with one attached hydrogen (secondary N) is 1. The molecule has 1 rings (SSSR count). The van der Waals surface area contributed by atoms with E-state index in [9.17, 15) is 4.79 Å². The number of nitrogens with zero attached hydrogens (tertiary/aromatic N) is 1. The summed E-state index contributed by atoms with van der Waals surface area (Å²) in [7, 11) is 4.06. The van der Waals surface area contributed by atoms with E-state index < -0.39 is 0 Å². The average Bonchev–Trinajstić information content (AvgIpc) is 2.36. The van der Waals surface area contributed by atoms with Crippen molar-refractivity contribution < 1.29 is 4.79 Å². The summed E-state index contributed by atoms with van der Waals surface area (Å²) in [4.78, 5) is 15.1. The van der Waals surface area contributed by atoms with Crippen LogP contribution in [0.3, 0.4) is 0 Å². The highest BCUT2D eigenvalue weighted by molar-refractivity contribution is 8.00. The first kappa shape index (κ1) is 16.3. The summed E-state index contributed by atoms with van der Waals surface area (Å²) in [5.41, 5.74) is 0. The van der Waals surface area contributed by atoms with Crippen molar-refractivity contribution in [2.75, 3.05) is 27.2 Å². The van der Waals surface area contributed by atoms with Crippen molar-refractivity contribution in [3.05, 3.63) is 29.3 Å². The molecule has 5 heteroatoms. The minimum atomic E-state index is -0.0967. The number of amides is 1. The van der Waals surface area contributed by atoms with E-state index in [1.165, 1.54) is 0 Å². The molecule has 0 spiro atoms. The van der Waals surface area contributed by atoms with Gasteiger partial charge in [0.2, 0.25) is 5.91 Å². The molecule has 0 saturated heterocycles. The molecule has 1 amide bonds. The van der Waals surface area contributed by atoms with Crippen LogP contribution in [0.4, 0.5) is 0 Å². The molecule has 0 radical (unpaired) electrons. The third-order valence-electron chi connectivity index (χ3n) is 2.58. The first-order chi connectivity index (χ1) is 8.99. The number of hydrogen-bond donors (Lipinski definition) is 1. The second-order valence-electron chi connectivity index (χ2n) is 4.66. The largest absolute Gasteiger partial charge is 0.355 e. The van der Waals surface area contributed by atoms with E-state index >= 15 is 0 Å². The molecule has 0 unspecified atom stereocenters. The summed E-state index contributed by atoms with van der Waals surface area (Å²) in [6.07, 6.45) is 0.969. The van der Waals surface area contributed by atoms with Gasteiger partial charge in [-0.05, 0) is 58.3 Å². The van der Waals surface area contributed by atoms with Crippen LogP contribution in [0.2, 0.25) is 5.02 Å². The second kappa shape index (κ2) is 8.46. The van der Waals surface area contributed by atoms with Crippen LogP contribution < -0.4 is 5.32 Å². The maximum atomic E-state index is 11.9. The van der Waals surface area contributed by atoms with Crippen LogP contribution in [-0.2, 0) is 4.79 Å². The minimum Gasteiger partial charge on any atom is -0.355 e. The van der Waals surface area contributed by atoms with Crippen molar-refractivity contribution >= 4 is 29.3 Å². The van der Waals surface area contributed by atoms with Crippen LogP contribution in [-0.4, -0.2) is 43.2 Å². The van der Waals surface area contributed by atoms with Gasteiger partial charge in [-0.1, -0.05) is 11.6 Å². The molecular formula is C14H21ClN2OS. The van der Waals surface area contributed by atoms with Gasteiger partial charge < -0.3 is 10.2 Å². The molecule has 1 aromatic rings. The van der Waals surface area contributed by atoms with Gasteiger partial charge in [0.15, 0.2) is 0 Å². The molecule has 0 heterocycles. The fourth-order valence-electron chi connectivity index (χ4n) is 1.52. The van der Waals surface area contributed by atoms with Crippen LogP contribution in [0.1, 0.15) is 13.3 Å². The molecule has 19 heavy (non-hydrogen) atoms. The Morgan fingerprint density at radius 2 is 2.00 bits per heavy atom. The van der Waals surface area contributed by atoms with Crippen LogP contribution >= 0.6 is 23.4 Å². The van der Waals surface area contributed by atoms with Gasteiger partial charge in [-0.15, -0.1) is 11.8 Å². The highest BCUT2D eigenvalue weighted by Crippen LogP contribution is 2.24. The van der Waals surface area contributed by atoms with Crippen molar-refractivity contribution in [2.24, 2.45) is 0 Å². The van der Waals surface area contributed by atoms with E-state index in [0.717, 1.165) is 24.4 Å². The zero-order chi connectivity index (χ0) is 14.3. The molecular weight excluding hydrogens is 280 g/mol. The van der Waals surface area contributed by atoms with Crippen LogP contribution in [0.15, 0.2) is 29.2 Å². The van der Waals surface area contributed by atoms with E-state index in [1.807, 2.05) is 45.3 Å². The average molecular weight is 301 g/mol. The fraction of sp³-hybridized carbons (Fsp3) is 0.500. The van der Waals surface area contributed by atoms with Gasteiger partial charge >= 0.3 is 0 Å². The number of hydrogen-bond acceptors (Lipinski definition) is 3. The monoisotopic (exact) mass is 300 g/mol. The lowest BCUT2D eigenvalue weighted by Crippen LogP contribution is -2.32. The minimum absolute atomic E-state index is 0.0821. The fourth-order valence-corrected chi connectivity index (χ4v) is 2.54. The van der Waals surface area contributed by atoms with Crippen molar-refractivity contribution in [1.29, 1.82) is 0 Å². The molecule has 0 bridgehead atoms. The molecule has 0 fully saturated rings. The molecule has 0 aliphatic heterocycles. The van der Waals surface area contributed by atoms with Gasteiger partial charge in [0.25, 0.3) is 0 Å². The van der Waals surface area contributed by atoms with Crippen LogP contribution in [0, 0.1) is 0 Å². The Morgan fingerprint density at radius 1 is 1.37 bits per heavy atom. The molecule has 3 nitrogen and oxygen atoms in total. The summed E-state index contributed by atoms with van der Waals surface area (Å²) in [6.45, 7) is 3.63. The first-order valence-electron chi connectivity index (χ1n) is 6.33. The summed E-state index contributed by atoms with van der Waals surface area (Å²) < 4.78 is 0. The number of benzene rings is 1. The highest BCUT2D eigenvalue weighted by Gasteiger charge is 2.13. The van der Waals surface area contributed by atoms with E-state index in [4.69, 9.17) is 11.6 Å². The lowest BCUT2D eigenvalue weighted by molar-refractivity contribution is -0.120. The van der Waals surface area contributed by atoms with E-state index in [1.54, 1.807) is 11.8 Å². The predicted octanol–water partition coefficient (Wildman–Crippen LogP) is 2.89. The van der Waals surface area contributed by atoms with E-state index in [0.29, 0.717) is 5.02 Å². The Kier molecular flexibility index (Phi) is 7.28. The molecule has 1 N–H and O–H groups in total. The van der Waals surface area contributed by atoms with Crippen molar-refractivity contribution in [1.82, 2.24) is 10.2 Å². The predicted molar refractivity (Wildman–Crippen MR) is 83.0 cm³/mol. The van der Waals surface area contributed by atoms with Crippen molar-refractivity contribution in [3.63, 3.8) is 0 Å². The van der Waals surface area contributed by atoms with E-state index in [2.05, 4.69) is 10.2 Å². The smallest absolute Gasteiger partial charge is 0.233 e. The topological polar surface area (TPSA) is 32.3 Å². The summed E-state index contributed by atoms with van der Waals surface area (Å²) >= 11 is 7.37. The number of thioether (sulfide) groups is 1.